The predicted octanol–water partition coefficient (Wildman–Crippen LogP) is 2.48. The van der Waals surface area contributed by atoms with E-state index in [0.29, 0.717) is 16.7 Å². The van der Waals surface area contributed by atoms with Crippen molar-refractivity contribution in [1.29, 1.82) is 0 Å². The summed E-state index contributed by atoms with van der Waals surface area (Å²) < 4.78 is 31.6. The first-order chi connectivity index (χ1) is 13.4. The number of hydrogen-bond donors (Lipinski definition) is 0. The molecule has 0 amide bonds. The van der Waals surface area contributed by atoms with E-state index in [9.17, 15) is 8.42 Å². The average Bonchev–Trinajstić information content (AvgIpc) is 3.38. The topological polar surface area (TPSA) is 100.0 Å². The number of halogens is 1. The van der Waals surface area contributed by atoms with E-state index in [2.05, 4.69) is 36.1 Å². The van der Waals surface area contributed by atoms with Gasteiger partial charge in [0.25, 0.3) is 0 Å². The lowest BCUT2D eigenvalue weighted by Gasteiger charge is -2.06. The summed E-state index contributed by atoms with van der Waals surface area (Å²) in [6, 6.07) is 5.27. The van der Waals surface area contributed by atoms with E-state index in [0.717, 1.165) is 19.7 Å². The van der Waals surface area contributed by atoms with Gasteiger partial charge in [0, 0.05) is 41.2 Å². The molecule has 5 heterocycles. The molecule has 0 bridgehead atoms. The molecule has 0 aromatic carbocycles. The van der Waals surface area contributed by atoms with Crippen molar-refractivity contribution in [2.45, 2.75) is 5.03 Å². The van der Waals surface area contributed by atoms with Crippen LogP contribution in [0.5, 0.6) is 0 Å². The number of aromatic nitrogens is 7. The lowest BCUT2D eigenvalue weighted by molar-refractivity contribution is 0.577. The second-order valence-corrected chi connectivity index (χ2v) is 8.83. The largest absolute Gasteiger partial charge is 0.301 e. The molecule has 0 aliphatic heterocycles. The molecule has 9 nitrogen and oxygen atoms in total. The molecular weight excluding hydrogens is 446 g/mol. The Morgan fingerprint density at radius 1 is 0.964 bits per heavy atom. The fourth-order valence-corrected chi connectivity index (χ4v) is 4.69. The highest BCUT2D eigenvalue weighted by atomic mass is 79.9. The zero-order valence-electron chi connectivity index (χ0n) is 14.4. The fraction of sp³-hybridized carbons (Fsp3) is 0.0588. The number of fused-ring (bicyclic) bond motifs is 2. The molecule has 5 aromatic rings. The van der Waals surface area contributed by atoms with Crippen LogP contribution < -0.4 is 0 Å². The van der Waals surface area contributed by atoms with Crippen LogP contribution in [0.15, 0.2) is 64.9 Å². The van der Waals surface area contributed by atoms with Crippen molar-refractivity contribution in [1.82, 2.24) is 33.3 Å². The van der Waals surface area contributed by atoms with Crippen LogP contribution in [0, 0.1) is 0 Å². The molecule has 5 rings (SSSR count). The molecule has 0 N–H and O–H groups in total. The van der Waals surface area contributed by atoms with E-state index in [1.165, 1.54) is 16.8 Å². The molecular formula is C17H12BrN7O2S. The Bertz CT molecular complexity index is 1470. The van der Waals surface area contributed by atoms with Crippen LogP contribution in [-0.2, 0) is 17.1 Å². The summed E-state index contributed by atoms with van der Waals surface area (Å²) in [4.78, 5) is 8.52. The van der Waals surface area contributed by atoms with Crippen LogP contribution in [0.3, 0.4) is 0 Å². The first-order valence-electron chi connectivity index (χ1n) is 8.14. The molecule has 0 atom stereocenters. The average molecular weight is 458 g/mol. The fourth-order valence-electron chi connectivity index (χ4n) is 3.02. The first kappa shape index (κ1) is 17.1. The van der Waals surface area contributed by atoms with Crippen molar-refractivity contribution >= 4 is 42.6 Å². The van der Waals surface area contributed by atoms with Gasteiger partial charge in [-0.05, 0) is 34.1 Å². The molecule has 0 radical (unpaired) electrons. The predicted molar refractivity (Wildman–Crippen MR) is 105 cm³/mol. The lowest BCUT2D eigenvalue weighted by Crippen LogP contribution is -2.16. The van der Waals surface area contributed by atoms with Crippen molar-refractivity contribution < 1.29 is 8.42 Å². The monoisotopic (exact) mass is 457 g/mol. The molecule has 5 aromatic heterocycles. The third-order valence-corrected chi connectivity index (χ3v) is 6.40. The molecule has 0 spiro atoms. The van der Waals surface area contributed by atoms with Gasteiger partial charge < -0.3 is 0 Å². The number of hydrogen-bond acceptors (Lipinski definition) is 6. The highest BCUT2D eigenvalue weighted by Crippen LogP contribution is 2.25. The Morgan fingerprint density at radius 2 is 1.82 bits per heavy atom. The second-order valence-electron chi connectivity index (χ2n) is 6.20. The molecule has 0 fully saturated rings. The summed E-state index contributed by atoms with van der Waals surface area (Å²) in [6.45, 7) is 0. The second kappa shape index (κ2) is 5.97. The highest BCUT2D eigenvalue weighted by molar-refractivity contribution is 9.10. The van der Waals surface area contributed by atoms with Crippen LogP contribution in [0.2, 0.25) is 0 Å². The maximum absolute atomic E-state index is 13.3. The first-order valence-corrected chi connectivity index (χ1v) is 10.4. The number of nitrogens with zero attached hydrogens (tertiary/aromatic N) is 7. The Kier molecular flexibility index (Phi) is 3.64. The van der Waals surface area contributed by atoms with Crippen molar-refractivity contribution in [3.63, 3.8) is 0 Å². The molecule has 11 heteroatoms. The quantitative estimate of drug-likeness (QED) is 0.412. The van der Waals surface area contributed by atoms with Crippen LogP contribution in [0.25, 0.3) is 27.8 Å². The summed E-state index contributed by atoms with van der Waals surface area (Å²) in [7, 11) is -2.18. The van der Waals surface area contributed by atoms with Crippen molar-refractivity contribution in [3.8, 4) is 11.1 Å². The maximum atomic E-state index is 13.3. The molecule has 0 saturated carbocycles. The Balaban J connectivity index is 1.72. The maximum Gasteiger partial charge on any atom is 0.301 e. The number of rotatable bonds is 3. The number of pyridine rings is 2. The minimum Gasteiger partial charge on any atom is -0.288 e. The van der Waals surface area contributed by atoms with E-state index in [-0.39, 0.29) is 5.03 Å². The minimum absolute atomic E-state index is 0.0144. The SMILES string of the molecule is Cn1cc(-c2cnc3cnn(S(=O)(=O)c4cnc5ccc(Br)cn45)c3c2)cn1. The summed E-state index contributed by atoms with van der Waals surface area (Å²) in [5.41, 5.74) is 2.96. The van der Waals surface area contributed by atoms with Gasteiger partial charge in [0.1, 0.15) is 16.7 Å². The van der Waals surface area contributed by atoms with Crippen molar-refractivity contribution in [2.24, 2.45) is 7.05 Å². The molecule has 140 valence electrons. The Labute approximate surface area is 167 Å². The molecule has 0 aliphatic carbocycles. The van der Waals surface area contributed by atoms with Gasteiger partial charge in [-0.1, -0.05) is 0 Å². The van der Waals surface area contributed by atoms with Crippen molar-refractivity contribution in [2.75, 3.05) is 0 Å². The minimum atomic E-state index is -3.99. The summed E-state index contributed by atoms with van der Waals surface area (Å²) in [5.74, 6) is 0. The van der Waals surface area contributed by atoms with Crippen LogP contribution in [0.1, 0.15) is 0 Å². The van der Waals surface area contributed by atoms with Gasteiger partial charge >= 0.3 is 10.0 Å². The number of imidazole rings is 1. The van der Waals surface area contributed by atoms with E-state index >= 15 is 0 Å². The molecule has 0 unspecified atom stereocenters. The van der Waals surface area contributed by atoms with Gasteiger partial charge in [-0.25, -0.2) is 4.98 Å². The normalized spacial score (nSPS) is 12.2. The van der Waals surface area contributed by atoms with E-state index < -0.39 is 10.0 Å². The van der Waals surface area contributed by atoms with E-state index in [1.807, 2.05) is 13.2 Å². The standard InChI is InChI=1S/C17H12BrN7O2S/c1-23-9-12(6-21-23)11-4-15-14(19-5-11)7-22-25(15)28(26,27)17-8-20-16-3-2-13(18)10-24(16)17/h2-10H,1H3. The van der Waals surface area contributed by atoms with Crippen LogP contribution >= 0.6 is 15.9 Å². The van der Waals surface area contributed by atoms with E-state index in [4.69, 9.17) is 0 Å². The van der Waals surface area contributed by atoms with Gasteiger partial charge in [0.15, 0.2) is 5.03 Å². The number of aryl methyl sites for hydroxylation is 1. The third-order valence-electron chi connectivity index (χ3n) is 4.35. The van der Waals surface area contributed by atoms with Gasteiger partial charge in [-0.15, -0.1) is 0 Å². The zero-order valence-corrected chi connectivity index (χ0v) is 16.8. The van der Waals surface area contributed by atoms with Gasteiger partial charge in [-0.3, -0.25) is 14.1 Å². The third kappa shape index (κ3) is 2.54. The summed E-state index contributed by atoms with van der Waals surface area (Å²) >= 11 is 3.36. The summed E-state index contributed by atoms with van der Waals surface area (Å²) in [5, 5.41) is 8.25. The van der Waals surface area contributed by atoms with Crippen LogP contribution in [0.4, 0.5) is 0 Å². The lowest BCUT2D eigenvalue weighted by atomic mass is 10.1. The Hall–Kier alpha value is -3.05. The van der Waals surface area contributed by atoms with Crippen molar-refractivity contribution in [3.05, 3.63) is 59.9 Å². The smallest absolute Gasteiger partial charge is 0.288 e. The molecule has 0 aliphatic rings. The Morgan fingerprint density at radius 3 is 2.61 bits per heavy atom. The highest BCUT2D eigenvalue weighted by Gasteiger charge is 2.25. The molecule has 0 saturated heterocycles. The van der Waals surface area contributed by atoms with E-state index in [1.54, 1.807) is 41.5 Å². The molecule has 28 heavy (non-hydrogen) atoms. The van der Waals surface area contributed by atoms with Gasteiger partial charge in [0.05, 0.1) is 18.6 Å². The summed E-state index contributed by atoms with van der Waals surface area (Å²) in [6.07, 6.45) is 9.60. The van der Waals surface area contributed by atoms with Crippen LogP contribution in [-0.4, -0.2) is 41.8 Å². The van der Waals surface area contributed by atoms with Gasteiger partial charge in [0.2, 0.25) is 0 Å². The van der Waals surface area contributed by atoms with Gasteiger partial charge in [-0.2, -0.15) is 22.7 Å². The zero-order chi connectivity index (χ0) is 19.5.